The number of ketones is 1. The molecule has 1 aromatic carbocycles. The van der Waals surface area contributed by atoms with Gasteiger partial charge in [-0.15, -0.1) is 0 Å². The molecule has 0 amide bonds. The van der Waals surface area contributed by atoms with Crippen molar-refractivity contribution in [2.24, 2.45) is 0 Å². The monoisotopic (exact) mass is 307 g/mol. The summed E-state index contributed by atoms with van der Waals surface area (Å²) in [6.07, 6.45) is -5.18. The first-order valence-electron chi connectivity index (χ1n) is 5.79. The summed E-state index contributed by atoms with van der Waals surface area (Å²) in [6, 6.07) is 4.94. The Bertz CT molecular complexity index is 648. The number of carbonyl (C=O) groups is 1. The van der Waals surface area contributed by atoms with Crippen molar-refractivity contribution in [2.45, 2.75) is 36.4 Å². The minimum Gasteiger partial charge on any atom is -0.295 e. The third-order valence-electron chi connectivity index (χ3n) is 3.17. The van der Waals surface area contributed by atoms with E-state index < -0.39 is 21.7 Å². The Balaban J connectivity index is 2.33. The number of alkyl halides is 3. The summed E-state index contributed by atoms with van der Waals surface area (Å²) >= 11 is 0. The van der Waals surface area contributed by atoms with Gasteiger partial charge in [-0.25, -0.2) is 8.42 Å². The van der Waals surface area contributed by atoms with Gasteiger partial charge in [0.15, 0.2) is 5.78 Å². The van der Waals surface area contributed by atoms with Crippen LogP contribution >= 0.6 is 0 Å². The predicted octanol–water partition coefficient (Wildman–Crippen LogP) is 2.26. The molecule has 8 heteroatoms. The van der Waals surface area contributed by atoms with Crippen LogP contribution in [0.3, 0.4) is 0 Å². The predicted molar refractivity (Wildman–Crippen MR) is 64.8 cm³/mol. The number of hydrogen-bond donors (Lipinski definition) is 1. The summed E-state index contributed by atoms with van der Waals surface area (Å²) in [4.78, 5) is 10.8. The molecule has 20 heavy (non-hydrogen) atoms. The fourth-order valence-corrected chi connectivity index (χ4v) is 3.26. The molecule has 1 aliphatic rings. The van der Waals surface area contributed by atoms with Gasteiger partial charge in [-0.3, -0.25) is 4.79 Å². The zero-order valence-electron chi connectivity index (χ0n) is 10.5. The molecule has 0 atom stereocenters. The molecule has 2 rings (SSSR count). The van der Waals surface area contributed by atoms with Crippen LogP contribution in [0.2, 0.25) is 0 Å². The van der Waals surface area contributed by atoms with E-state index in [-0.39, 0.29) is 29.1 Å². The normalized spacial score (nSPS) is 17.8. The number of nitrogens with one attached hydrogen (secondary N) is 1. The highest BCUT2D eigenvalue weighted by atomic mass is 32.2. The van der Waals surface area contributed by atoms with Gasteiger partial charge >= 0.3 is 6.18 Å². The van der Waals surface area contributed by atoms with Crippen LogP contribution in [0.25, 0.3) is 0 Å². The van der Waals surface area contributed by atoms with Gasteiger partial charge in [-0.05, 0) is 31.9 Å². The molecule has 0 radical (unpaired) electrons. The second-order valence-electron chi connectivity index (χ2n) is 4.77. The lowest BCUT2D eigenvalue weighted by Gasteiger charge is -2.20. The molecule has 0 aliphatic heterocycles. The first-order valence-corrected chi connectivity index (χ1v) is 7.27. The Labute approximate surface area is 114 Å². The summed E-state index contributed by atoms with van der Waals surface area (Å²) in [5.41, 5.74) is -2.23. The van der Waals surface area contributed by atoms with Crippen LogP contribution in [0.15, 0.2) is 29.2 Å². The van der Waals surface area contributed by atoms with Gasteiger partial charge in [-0.1, -0.05) is 12.1 Å². The van der Waals surface area contributed by atoms with Crippen molar-refractivity contribution >= 4 is 15.8 Å². The van der Waals surface area contributed by atoms with Crippen LogP contribution in [0, 0.1) is 0 Å². The van der Waals surface area contributed by atoms with Crippen LogP contribution < -0.4 is 4.72 Å². The van der Waals surface area contributed by atoms with Crippen LogP contribution in [-0.2, 0) is 10.0 Å². The van der Waals surface area contributed by atoms with Crippen molar-refractivity contribution in [3.8, 4) is 0 Å². The summed E-state index contributed by atoms with van der Waals surface area (Å²) in [5.74, 6) is -0.362. The minimum absolute atomic E-state index is 0.129. The molecule has 1 N–H and O–H groups in total. The van der Waals surface area contributed by atoms with Crippen LogP contribution in [0.5, 0.6) is 0 Å². The number of hydrogen-bond acceptors (Lipinski definition) is 3. The number of benzene rings is 1. The van der Waals surface area contributed by atoms with E-state index in [0.717, 1.165) is 12.1 Å². The summed E-state index contributed by atoms with van der Waals surface area (Å²) in [5, 5.41) is 0. The van der Waals surface area contributed by atoms with Gasteiger partial charge in [0.25, 0.3) is 0 Å². The highest BCUT2D eigenvalue weighted by Crippen LogP contribution is 2.49. The minimum atomic E-state index is -4.63. The first-order chi connectivity index (χ1) is 9.07. The summed E-state index contributed by atoms with van der Waals surface area (Å²) < 4.78 is 64.0. The van der Waals surface area contributed by atoms with Crippen molar-refractivity contribution in [1.29, 1.82) is 0 Å². The van der Waals surface area contributed by atoms with E-state index in [0.29, 0.717) is 0 Å². The molecule has 1 aromatic rings. The molecule has 0 aromatic heterocycles. The molecular weight excluding hydrogens is 295 g/mol. The SMILES string of the molecule is CC(=O)c1cccc(S(=O)(=O)NC2(C(F)(F)F)CC2)c1. The van der Waals surface area contributed by atoms with Crippen molar-refractivity contribution in [2.75, 3.05) is 0 Å². The van der Waals surface area contributed by atoms with E-state index in [9.17, 15) is 26.4 Å². The van der Waals surface area contributed by atoms with E-state index >= 15 is 0 Å². The number of rotatable bonds is 4. The third kappa shape index (κ3) is 2.71. The second kappa shape index (κ2) is 4.56. The number of carbonyl (C=O) groups excluding carboxylic acids is 1. The molecule has 1 fully saturated rings. The second-order valence-corrected chi connectivity index (χ2v) is 6.45. The van der Waals surface area contributed by atoms with Gasteiger partial charge in [0.05, 0.1) is 4.90 Å². The molecule has 1 saturated carbocycles. The lowest BCUT2D eigenvalue weighted by atomic mass is 10.2. The Morgan fingerprint density at radius 1 is 1.30 bits per heavy atom. The topological polar surface area (TPSA) is 63.2 Å². The summed E-state index contributed by atoms with van der Waals surface area (Å²) in [6.45, 7) is 1.25. The maximum atomic E-state index is 12.8. The van der Waals surface area contributed by atoms with Crippen molar-refractivity contribution in [3.05, 3.63) is 29.8 Å². The van der Waals surface area contributed by atoms with Crippen LogP contribution in [-0.4, -0.2) is 25.9 Å². The van der Waals surface area contributed by atoms with Crippen LogP contribution in [0.4, 0.5) is 13.2 Å². The average molecular weight is 307 g/mol. The van der Waals surface area contributed by atoms with Crippen molar-refractivity contribution in [3.63, 3.8) is 0 Å². The summed E-state index contributed by atoms with van der Waals surface area (Å²) in [7, 11) is -4.32. The van der Waals surface area contributed by atoms with E-state index in [1.165, 1.54) is 19.1 Å². The molecule has 0 unspecified atom stereocenters. The Hall–Kier alpha value is -1.41. The Morgan fingerprint density at radius 2 is 1.90 bits per heavy atom. The van der Waals surface area contributed by atoms with Crippen LogP contribution in [0.1, 0.15) is 30.1 Å². The van der Waals surface area contributed by atoms with Crippen molar-refractivity contribution < 1.29 is 26.4 Å². The smallest absolute Gasteiger partial charge is 0.295 e. The van der Waals surface area contributed by atoms with E-state index in [2.05, 4.69) is 0 Å². The molecule has 110 valence electrons. The molecule has 0 heterocycles. The number of sulfonamides is 1. The van der Waals surface area contributed by atoms with E-state index in [4.69, 9.17) is 0 Å². The van der Waals surface area contributed by atoms with Gasteiger partial charge in [0.2, 0.25) is 10.0 Å². The maximum Gasteiger partial charge on any atom is 0.407 e. The Morgan fingerprint density at radius 3 is 2.35 bits per heavy atom. The molecule has 0 bridgehead atoms. The molecule has 4 nitrogen and oxygen atoms in total. The standard InChI is InChI=1S/C12H12F3NO3S/c1-8(17)9-3-2-4-10(7-9)20(18,19)16-11(5-6-11)12(13,14)15/h2-4,7,16H,5-6H2,1H3. The fourth-order valence-electron chi connectivity index (χ4n) is 1.77. The largest absolute Gasteiger partial charge is 0.407 e. The maximum absolute atomic E-state index is 12.8. The molecular formula is C12H12F3NO3S. The quantitative estimate of drug-likeness (QED) is 0.868. The lowest BCUT2D eigenvalue weighted by Crippen LogP contribution is -2.47. The van der Waals surface area contributed by atoms with E-state index in [1.807, 2.05) is 0 Å². The van der Waals surface area contributed by atoms with Gasteiger partial charge in [-0.2, -0.15) is 17.9 Å². The molecule has 0 saturated heterocycles. The lowest BCUT2D eigenvalue weighted by molar-refractivity contribution is -0.160. The highest BCUT2D eigenvalue weighted by molar-refractivity contribution is 7.89. The van der Waals surface area contributed by atoms with Crippen molar-refractivity contribution in [1.82, 2.24) is 4.72 Å². The fraction of sp³-hybridized carbons (Fsp3) is 0.417. The first kappa shape index (κ1) is 15.0. The zero-order valence-corrected chi connectivity index (χ0v) is 11.3. The van der Waals surface area contributed by atoms with E-state index in [1.54, 1.807) is 4.72 Å². The zero-order chi connectivity index (χ0) is 15.2. The van der Waals surface area contributed by atoms with Gasteiger partial charge in [0, 0.05) is 5.56 Å². The Kier molecular flexibility index (Phi) is 3.42. The molecule has 0 spiro atoms. The third-order valence-corrected chi connectivity index (χ3v) is 4.71. The number of halogens is 3. The van der Waals surface area contributed by atoms with Gasteiger partial charge in [0.1, 0.15) is 5.54 Å². The number of Topliss-reactive ketones (excluding diaryl/α,β-unsaturated/α-hetero) is 1. The highest BCUT2D eigenvalue weighted by Gasteiger charge is 2.65. The average Bonchev–Trinajstić information content (AvgIpc) is 3.09. The van der Waals surface area contributed by atoms with Gasteiger partial charge < -0.3 is 0 Å². The molecule has 1 aliphatic carbocycles.